The quantitative estimate of drug-likeness (QED) is 0.516. The Morgan fingerprint density at radius 3 is 2.43 bits per heavy atom. The van der Waals surface area contributed by atoms with Crippen molar-refractivity contribution < 1.29 is 18.0 Å². The van der Waals surface area contributed by atoms with Gasteiger partial charge in [-0.2, -0.15) is 18.3 Å². The number of nitrogens with one attached hydrogen (secondary N) is 1. The standard InChI is InChI=1S/C19H15BrF3N3OS/c1-12-17(20)18(19(21,22)23)25-26(12)11-16(27)24-14-9-5-6-10-15(14)28-13-7-3-2-4-8-13/h2-10H,11H2,1H3,(H,24,27). The lowest BCUT2D eigenvalue weighted by Gasteiger charge is -2.11. The maximum absolute atomic E-state index is 13.0. The van der Waals surface area contributed by atoms with Gasteiger partial charge < -0.3 is 5.32 Å². The molecule has 0 saturated carbocycles. The lowest BCUT2D eigenvalue weighted by molar-refractivity contribution is -0.142. The molecule has 1 amide bonds. The van der Waals surface area contributed by atoms with E-state index < -0.39 is 17.8 Å². The van der Waals surface area contributed by atoms with Crippen LogP contribution in [-0.4, -0.2) is 15.7 Å². The minimum atomic E-state index is -4.59. The lowest BCUT2D eigenvalue weighted by Crippen LogP contribution is -2.21. The molecule has 0 unspecified atom stereocenters. The van der Waals surface area contributed by atoms with Crippen molar-refractivity contribution in [1.82, 2.24) is 9.78 Å². The van der Waals surface area contributed by atoms with E-state index in [9.17, 15) is 18.0 Å². The third-order valence-corrected chi connectivity index (χ3v) is 5.86. The first kappa shape index (κ1) is 20.5. The molecule has 146 valence electrons. The average molecular weight is 470 g/mol. The SMILES string of the molecule is Cc1c(Br)c(C(F)(F)F)nn1CC(=O)Nc1ccccc1Sc1ccccc1. The molecule has 1 aromatic heterocycles. The number of anilines is 1. The van der Waals surface area contributed by atoms with Crippen molar-refractivity contribution in [1.29, 1.82) is 0 Å². The molecule has 0 spiro atoms. The van der Waals surface area contributed by atoms with Crippen molar-refractivity contribution in [3.8, 4) is 0 Å². The van der Waals surface area contributed by atoms with E-state index in [1.54, 1.807) is 12.1 Å². The number of benzene rings is 2. The summed E-state index contributed by atoms with van der Waals surface area (Å²) in [4.78, 5) is 14.3. The molecular weight excluding hydrogens is 455 g/mol. The number of para-hydroxylation sites is 1. The Balaban J connectivity index is 1.76. The van der Waals surface area contributed by atoms with Gasteiger partial charge in [0.05, 0.1) is 15.9 Å². The molecule has 4 nitrogen and oxygen atoms in total. The fourth-order valence-corrected chi connectivity index (χ4v) is 3.89. The van der Waals surface area contributed by atoms with Gasteiger partial charge in [0.1, 0.15) is 6.54 Å². The number of carbonyl (C=O) groups is 1. The van der Waals surface area contributed by atoms with Crippen molar-refractivity contribution in [3.63, 3.8) is 0 Å². The summed E-state index contributed by atoms with van der Waals surface area (Å²) in [5, 5.41) is 6.29. The Hall–Kier alpha value is -2.26. The van der Waals surface area contributed by atoms with Crippen LogP contribution in [0.2, 0.25) is 0 Å². The number of nitrogens with zero attached hydrogens (tertiary/aromatic N) is 2. The molecule has 0 fully saturated rings. The summed E-state index contributed by atoms with van der Waals surface area (Å²) in [5.41, 5.74) is -0.228. The number of hydrogen-bond acceptors (Lipinski definition) is 3. The van der Waals surface area contributed by atoms with Crippen molar-refractivity contribution in [3.05, 3.63) is 70.5 Å². The van der Waals surface area contributed by atoms with Crippen molar-refractivity contribution in [2.75, 3.05) is 5.32 Å². The molecule has 28 heavy (non-hydrogen) atoms. The van der Waals surface area contributed by atoms with Gasteiger partial charge in [-0.3, -0.25) is 9.48 Å². The topological polar surface area (TPSA) is 46.9 Å². The van der Waals surface area contributed by atoms with Crippen LogP contribution in [0, 0.1) is 6.92 Å². The highest BCUT2D eigenvalue weighted by atomic mass is 79.9. The Bertz CT molecular complexity index is 990. The van der Waals surface area contributed by atoms with Gasteiger partial charge in [0.2, 0.25) is 5.91 Å². The first-order chi connectivity index (χ1) is 13.3. The molecule has 3 rings (SSSR count). The minimum absolute atomic E-state index is 0.159. The van der Waals surface area contributed by atoms with Crippen LogP contribution < -0.4 is 5.32 Å². The van der Waals surface area contributed by atoms with E-state index in [1.165, 1.54) is 18.7 Å². The Morgan fingerprint density at radius 1 is 1.14 bits per heavy atom. The van der Waals surface area contributed by atoms with E-state index in [2.05, 4.69) is 26.3 Å². The van der Waals surface area contributed by atoms with Crippen molar-refractivity contribution >= 4 is 39.3 Å². The van der Waals surface area contributed by atoms with Crippen molar-refractivity contribution in [2.45, 2.75) is 29.4 Å². The summed E-state index contributed by atoms with van der Waals surface area (Å²) >= 11 is 4.39. The van der Waals surface area contributed by atoms with Crippen LogP contribution in [0.15, 0.2) is 68.9 Å². The smallest absolute Gasteiger partial charge is 0.323 e. The van der Waals surface area contributed by atoms with Gasteiger partial charge in [-0.15, -0.1) is 0 Å². The Labute approximate surface area is 172 Å². The zero-order valence-electron chi connectivity index (χ0n) is 14.6. The highest BCUT2D eigenvalue weighted by Crippen LogP contribution is 2.36. The number of halogens is 4. The predicted octanol–water partition coefficient (Wildman–Crippen LogP) is 5.76. The monoisotopic (exact) mass is 469 g/mol. The number of hydrogen-bond donors (Lipinski definition) is 1. The van der Waals surface area contributed by atoms with E-state index in [4.69, 9.17) is 0 Å². The fourth-order valence-electron chi connectivity index (χ4n) is 2.46. The van der Waals surface area contributed by atoms with Gasteiger partial charge in [-0.05, 0) is 47.1 Å². The second kappa shape index (κ2) is 8.40. The summed E-state index contributed by atoms with van der Waals surface area (Å²) in [6.45, 7) is 1.14. The molecule has 9 heteroatoms. The van der Waals surface area contributed by atoms with Gasteiger partial charge in [0.25, 0.3) is 0 Å². The minimum Gasteiger partial charge on any atom is -0.323 e. The molecular formula is C19H15BrF3N3OS. The molecule has 2 aromatic carbocycles. The molecule has 1 N–H and O–H groups in total. The molecule has 0 radical (unpaired) electrons. The van der Waals surface area contributed by atoms with Crippen LogP contribution in [-0.2, 0) is 17.5 Å². The number of carbonyl (C=O) groups excluding carboxylic acids is 1. The highest BCUT2D eigenvalue weighted by Gasteiger charge is 2.38. The van der Waals surface area contributed by atoms with Gasteiger partial charge in [0, 0.05) is 9.79 Å². The molecule has 0 saturated heterocycles. The second-order valence-corrected chi connectivity index (χ2v) is 7.77. The van der Waals surface area contributed by atoms with Crippen LogP contribution in [0.25, 0.3) is 0 Å². The lowest BCUT2D eigenvalue weighted by atomic mass is 10.3. The second-order valence-electron chi connectivity index (χ2n) is 5.86. The molecule has 0 aliphatic heterocycles. The van der Waals surface area contributed by atoms with Crippen LogP contribution in [0.5, 0.6) is 0 Å². The number of aromatic nitrogens is 2. The van der Waals surface area contributed by atoms with E-state index in [1.807, 2.05) is 42.5 Å². The van der Waals surface area contributed by atoms with E-state index in [0.29, 0.717) is 5.69 Å². The molecule has 0 aliphatic carbocycles. The summed E-state index contributed by atoms with van der Waals surface area (Å²) < 4.78 is 39.8. The van der Waals surface area contributed by atoms with Gasteiger partial charge in [-0.25, -0.2) is 0 Å². The van der Waals surface area contributed by atoms with Gasteiger partial charge in [-0.1, -0.05) is 42.1 Å². The Morgan fingerprint density at radius 2 is 1.79 bits per heavy atom. The summed E-state index contributed by atoms with van der Waals surface area (Å²) in [6, 6.07) is 16.9. The van der Waals surface area contributed by atoms with Crippen LogP contribution in [0.4, 0.5) is 18.9 Å². The van der Waals surface area contributed by atoms with Gasteiger partial charge >= 0.3 is 6.18 Å². The summed E-state index contributed by atoms with van der Waals surface area (Å²) in [5.74, 6) is -0.465. The van der Waals surface area contributed by atoms with Crippen LogP contribution >= 0.6 is 27.7 Å². The maximum Gasteiger partial charge on any atom is 0.436 e. The first-order valence-corrected chi connectivity index (χ1v) is 9.78. The normalized spacial score (nSPS) is 11.5. The molecule has 0 bridgehead atoms. The largest absolute Gasteiger partial charge is 0.436 e. The molecule has 0 aliphatic rings. The zero-order chi connectivity index (χ0) is 20.3. The molecule has 0 atom stereocenters. The molecule has 1 heterocycles. The fraction of sp³-hybridized carbons (Fsp3) is 0.158. The van der Waals surface area contributed by atoms with Crippen molar-refractivity contribution in [2.24, 2.45) is 0 Å². The highest BCUT2D eigenvalue weighted by molar-refractivity contribution is 9.10. The number of amides is 1. The summed E-state index contributed by atoms with van der Waals surface area (Å²) in [6.07, 6.45) is -4.59. The third-order valence-electron chi connectivity index (χ3n) is 3.83. The van der Waals surface area contributed by atoms with Crippen LogP contribution in [0.1, 0.15) is 11.4 Å². The summed E-state index contributed by atoms with van der Waals surface area (Å²) in [7, 11) is 0. The Kier molecular flexibility index (Phi) is 6.14. The maximum atomic E-state index is 13.0. The van der Waals surface area contributed by atoms with Gasteiger partial charge in [0.15, 0.2) is 5.69 Å². The van der Waals surface area contributed by atoms with Crippen LogP contribution in [0.3, 0.4) is 0 Å². The third kappa shape index (κ3) is 4.77. The molecule has 3 aromatic rings. The van der Waals surface area contributed by atoms with E-state index in [-0.39, 0.29) is 16.7 Å². The van der Waals surface area contributed by atoms with E-state index in [0.717, 1.165) is 14.5 Å². The number of rotatable bonds is 5. The predicted molar refractivity (Wildman–Crippen MR) is 105 cm³/mol. The average Bonchev–Trinajstić information content (AvgIpc) is 2.93. The first-order valence-electron chi connectivity index (χ1n) is 8.17. The zero-order valence-corrected chi connectivity index (χ0v) is 17.0. The van der Waals surface area contributed by atoms with E-state index >= 15 is 0 Å². The number of alkyl halides is 3.